The van der Waals surface area contributed by atoms with E-state index in [1.165, 1.54) is 12.1 Å². The lowest BCUT2D eigenvalue weighted by Gasteiger charge is -2.03. The number of rotatable bonds is 5. The van der Waals surface area contributed by atoms with Gasteiger partial charge in [0.2, 0.25) is 0 Å². The molecule has 0 amide bonds. The summed E-state index contributed by atoms with van der Waals surface area (Å²) in [5.41, 5.74) is 1.74. The van der Waals surface area contributed by atoms with Crippen LogP contribution in [0.25, 0.3) is 0 Å². The SMILES string of the molecule is O=C(OCCc1ccccc1)C1OC1c1ccc(O)c(O)c1. The zero-order chi connectivity index (χ0) is 15.5. The molecule has 2 aromatic carbocycles. The lowest BCUT2D eigenvalue weighted by Crippen LogP contribution is -2.14. The van der Waals surface area contributed by atoms with Gasteiger partial charge in [-0.3, -0.25) is 0 Å². The highest BCUT2D eigenvalue weighted by molar-refractivity contribution is 5.78. The first-order valence-corrected chi connectivity index (χ1v) is 7.03. The highest BCUT2D eigenvalue weighted by Gasteiger charge is 2.47. The Morgan fingerprint density at radius 3 is 2.59 bits per heavy atom. The summed E-state index contributed by atoms with van der Waals surface area (Å²) in [4.78, 5) is 11.9. The molecule has 0 saturated carbocycles. The number of hydrogen-bond donors (Lipinski definition) is 2. The molecule has 1 aliphatic rings. The van der Waals surface area contributed by atoms with Gasteiger partial charge in [0, 0.05) is 6.42 Å². The maximum absolute atomic E-state index is 11.9. The van der Waals surface area contributed by atoms with Crippen molar-refractivity contribution in [2.45, 2.75) is 18.6 Å². The molecular formula is C17H16O5. The van der Waals surface area contributed by atoms with E-state index in [9.17, 15) is 15.0 Å². The average Bonchev–Trinajstić information content (AvgIpc) is 3.32. The molecule has 0 aliphatic carbocycles. The molecule has 2 atom stereocenters. The summed E-state index contributed by atoms with van der Waals surface area (Å²) >= 11 is 0. The molecule has 2 aromatic rings. The van der Waals surface area contributed by atoms with E-state index >= 15 is 0 Å². The number of carbonyl (C=O) groups excluding carboxylic acids is 1. The van der Waals surface area contributed by atoms with Crippen LogP contribution in [-0.2, 0) is 20.7 Å². The highest BCUT2D eigenvalue weighted by Crippen LogP contribution is 2.41. The van der Waals surface area contributed by atoms with Gasteiger partial charge in [-0.25, -0.2) is 4.79 Å². The molecule has 0 radical (unpaired) electrons. The van der Waals surface area contributed by atoms with Crippen LogP contribution < -0.4 is 0 Å². The van der Waals surface area contributed by atoms with E-state index in [2.05, 4.69) is 0 Å². The van der Waals surface area contributed by atoms with Crippen LogP contribution in [0.4, 0.5) is 0 Å². The van der Waals surface area contributed by atoms with Crippen LogP contribution >= 0.6 is 0 Å². The molecule has 1 heterocycles. The second kappa shape index (κ2) is 6.07. The molecule has 0 aromatic heterocycles. The van der Waals surface area contributed by atoms with Gasteiger partial charge >= 0.3 is 5.97 Å². The van der Waals surface area contributed by atoms with E-state index in [-0.39, 0.29) is 11.5 Å². The quantitative estimate of drug-likeness (QED) is 0.503. The first-order valence-electron chi connectivity index (χ1n) is 7.03. The first kappa shape index (κ1) is 14.4. The average molecular weight is 300 g/mol. The van der Waals surface area contributed by atoms with E-state index in [0.717, 1.165) is 5.56 Å². The van der Waals surface area contributed by atoms with Crippen molar-refractivity contribution in [3.05, 3.63) is 59.7 Å². The Morgan fingerprint density at radius 1 is 1.09 bits per heavy atom. The second-order valence-electron chi connectivity index (χ2n) is 5.13. The molecule has 1 aliphatic heterocycles. The zero-order valence-electron chi connectivity index (χ0n) is 11.8. The van der Waals surface area contributed by atoms with Crippen LogP contribution in [0, 0.1) is 0 Å². The third-order valence-electron chi connectivity index (χ3n) is 3.53. The number of hydrogen-bond acceptors (Lipinski definition) is 5. The summed E-state index contributed by atoms with van der Waals surface area (Å²) < 4.78 is 10.5. The predicted octanol–water partition coefficient (Wildman–Crippen LogP) is 2.32. The molecule has 1 fully saturated rings. The van der Waals surface area contributed by atoms with Gasteiger partial charge in [-0.2, -0.15) is 0 Å². The van der Waals surface area contributed by atoms with Crippen LogP contribution in [0.3, 0.4) is 0 Å². The van der Waals surface area contributed by atoms with Crippen molar-refractivity contribution >= 4 is 5.97 Å². The monoisotopic (exact) mass is 300 g/mol. The van der Waals surface area contributed by atoms with Gasteiger partial charge in [-0.05, 0) is 23.3 Å². The van der Waals surface area contributed by atoms with Gasteiger partial charge in [0.1, 0.15) is 6.10 Å². The second-order valence-corrected chi connectivity index (χ2v) is 5.13. The van der Waals surface area contributed by atoms with E-state index in [0.29, 0.717) is 18.6 Å². The fourth-order valence-corrected chi connectivity index (χ4v) is 2.26. The van der Waals surface area contributed by atoms with Gasteiger partial charge in [0.15, 0.2) is 17.6 Å². The van der Waals surface area contributed by atoms with Crippen molar-refractivity contribution in [3.8, 4) is 11.5 Å². The molecule has 5 nitrogen and oxygen atoms in total. The summed E-state index contributed by atoms with van der Waals surface area (Å²) in [6.07, 6.45) is -0.403. The molecule has 5 heteroatoms. The van der Waals surface area contributed by atoms with Gasteiger partial charge in [0.25, 0.3) is 0 Å². The van der Waals surface area contributed by atoms with Crippen LogP contribution in [0.5, 0.6) is 11.5 Å². The fourth-order valence-electron chi connectivity index (χ4n) is 2.26. The van der Waals surface area contributed by atoms with Crippen LogP contribution in [0.1, 0.15) is 17.2 Å². The van der Waals surface area contributed by atoms with Gasteiger partial charge in [-0.1, -0.05) is 36.4 Å². The zero-order valence-corrected chi connectivity index (χ0v) is 11.8. The lowest BCUT2D eigenvalue weighted by molar-refractivity contribution is -0.145. The van der Waals surface area contributed by atoms with E-state index in [1.807, 2.05) is 30.3 Å². The molecule has 0 bridgehead atoms. The normalized spacial score (nSPS) is 19.6. The fraction of sp³-hybridized carbons (Fsp3) is 0.235. The maximum atomic E-state index is 11.9. The topological polar surface area (TPSA) is 79.3 Å². The Bertz CT molecular complexity index is 668. The summed E-state index contributed by atoms with van der Waals surface area (Å²) in [6.45, 7) is 0.302. The Labute approximate surface area is 127 Å². The van der Waals surface area contributed by atoms with Crippen molar-refractivity contribution in [1.82, 2.24) is 0 Å². The van der Waals surface area contributed by atoms with E-state index < -0.39 is 18.2 Å². The van der Waals surface area contributed by atoms with Gasteiger partial charge in [0.05, 0.1) is 6.61 Å². The van der Waals surface area contributed by atoms with Crippen LogP contribution in [-0.4, -0.2) is 28.9 Å². The van der Waals surface area contributed by atoms with Crippen LogP contribution in [0.2, 0.25) is 0 Å². The van der Waals surface area contributed by atoms with E-state index in [4.69, 9.17) is 9.47 Å². The third kappa shape index (κ3) is 3.20. The Balaban J connectivity index is 1.49. The number of benzene rings is 2. The van der Waals surface area contributed by atoms with Crippen molar-refractivity contribution in [3.63, 3.8) is 0 Å². The van der Waals surface area contributed by atoms with Crippen molar-refractivity contribution < 1.29 is 24.5 Å². The van der Waals surface area contributed by atoms with Crippen molar-refractivity contribution in [2.75, 3.05) is 6.61 Å². The first-order chi connectivity index (χ1) is 10.6. The summed E-state index contributed by atoms with van der Waals surface area (Å²) in [7, 11) is 0. The minimum Gasteiger partial charge on any atom is -0.504 e. The van der Waals surface area contributed by atoms with Gasteiger partial charge < -0.3 is 19.7 Å². The molecule has 3 rings (SSSR count). The van der Waals surface area contributed by atoms with E-state index in [1.54, 1.807) is 6.07 Å². The van der Waals surface area contributed by atoms with Crippen LogP contribution in [0.15, 0.2) is 48.5 Å². The Morgan fingerprint density at radius 2 is 1.86 bits per heavy atom. The van der Waals surface area contributed by atoms with Crippen molar-refractivity contribution in [1.29, 1.82) is 0 Å². The number of phenols is 2. The minimum atomic E-state index is -0.639. The largest absolute Gasteiger partial charge is 0.504 e. The van der Waals surface area contributed by atoms with Crippen molar-refractivity contribution in [2.24, 2.45) is 0 Å². The molecule has 2 N–H and O–H groups in total. The standard InChI is InChI=1S/C17H16O5/c18-13-7-6-12(10-14(13)19)15-16(22-15)17(20)21-9-8-11-4-2-1-3-5-11/h1-7,10,15-16,18-19H,8-9H2. The highest BCUT2D eigenvalue weighted by atomic mass is 16.6. The Hall–Kier alpha value is -2.53. The smallest absolute Gasteiger partial charge is 0.338 e. The molecule has 2 unspecified atom stereocenters. The Kier molecular flexibility index (Phi) is 3.98. The number of phenolic OH excluding ortho intramolecular Hbond substituents is 2. The third-order valence-corrected chi connectivity index (χ3v) is 3.53. The molecule has 22 heavy (non-hydrogen) atoms. The predicted molar refractivity (Wildman–Crippen MR) is 78.5 cm³/mol. The van der Waals surface area contributed by atoms with Gasteiger partial charge in [-0.15, -0.1) is 0 Å². The summed E-state index contributed by atoms with van der Waals surface area (Å²) in [5.74, 6) is -0.843. The molecule has 0 spiro atoms. The number of aromatic hydroxyl groups is 2. The molecular weight excluding hydrogens is 284 g/mol. The number of esters is 1. The number of carbonyl (C=O) groups is 1. The summed E-state index contributed by atoms with van der Waals surface area (Å²) in [5, 5.41) is 18.7. The maximum Gasteiger partial charge on any atom is 0.338 e. The summed E-state index contributed by atoms with van der Waals surface area (Å²) in [6, 6.07) is 14.1. The molecule has 114 valence electrons. The minimum absolute atomic E-state index is 0.202. The number of epoxide rings is 1. The lowest BCUT2D eigenvalue weighted by atomic mass is 10.1. The molecule has 1 saturated heterocycles. The number of ether oxygens (including phenoxy) is 2.